The van der Waals surface area contributed by atoms with Crippen molar-refractivity contribution in [2.24, 2.45) is 23.2 Å². The number of anilines is 1. The second-order valence-electron chi connectivity index (χ2n) is 13.7. The lowest BCUT2D eigenvalue weighted by Crippen LogP contribution is -2.54. The summed E-state index contributed by atoms with van der Waals surface area (Å²) in [7, 11) is 0. The molecule has 2 unspecified atom stereocenters. The van der Waals surface area contributed by atoms with Crippen molar-refractivity contribution in [2.45, 2.75) is 109 Å². The van der Waals surface area contributed by atoms with E-state index >= 15 is 0 Å². The van der Waals surface area contributed by atoms with Gasteiger partial charge in [0.05, 0.1) is 10.9 Å². The molecule has 222 valence electrons. The van der Waals surface area contributed by atoms with Crippen molar-refractivity contribution in [1.29, 1.82) is 0 Å². The number of piperidine rings is 1. The molecule has 5 fully saturated rings. The normalized spacial score (nSPS) is 29.6. The van der Waals surface area contributed by atoms with Crippen LogP contribution >= 0.6 is 0 Å². The minimum atomic E-state index is -0.713. The Bertz CT molecular complexity index is 1320. The average molecular weight is 562 g/mol. The molecule has 2 aromatic rings. The van der Waals surface area contributed by atoms with Gasteiger partial charge in [-0.1, -0.05) is 25.3 Å². The Morgan fingerprint density at radius 3 is 2.32 bits per heavy atom. The summed E-state index contributed by atoms with van der Waals surface area (Å²) in [5.41, 5.74) is 1.72. The number of nitrogens with zero attached hydrogens (tertiary/aromatic N) is 2. The number of rotatable bonds is 12. The van der Waals surface area contributed by atoms with E-state index in [1.54, 1.807) is 6.92 Å². The van der Waals surface area contributed by atoms with E-state index in [0.29, 0.717) is 34.6 Å². The van der Waals surface area contributed by atoms with Gasteiger partial charge >= 0.3 is 0 Å². The summed E-state index contributed by atoms with van der Waals surface area (Å²) in [6.07, 6.45) is 15.4. The van der Waals surface area contributed by atoms with Gasteiger partial charge in [0.25, 0.3) is 5.56 Å². The number of hydrogen-bond acceptors (Lipinski definition) is 6. The summed E-state index contributed by atoms with van der Waals surface area (Å²) >= 11 is 0. The maximum atomic E-state index is 13.6. The Kier molecular flexibility index (Phi) is 8.21. The van der Waals surface area contributed by atoms with Crippen LogP contribution in [-0.4, -0.2) is 40.5 Å². The lowest BCUT2D eigenvalue weighted by Gasteiger charge is -2.59. The predicted octanol–water partition coefficient (Wildman–Crippen LogP) is 5.24. The van der Waals surface area contributed by atoms with Crippen LogP contribution in [0.4, 0.5) is 5.69 Å². The number of carbonyl (C=O) groups excluding carboxylic acids is 2. The van der Waals surface area contributed by atoms with E-state index in [2.05, 4.69) is 27.9 Å². The van der Waals surface area contributed by atoms with Crippen molar-refractivity contribution < 1.29 is 9.59 Å². The fourth-order valence-corrected chi connectivity index (χ4v) is 9.04. The molecule has 7 rings (SSSR count). The Morgan fingerprint density at radius 2 is 1.63 bits per heavy atom. The van der Waals surface area contributed by atoms with Crippen molar-refractivity contribution in [3.63, 3.8) is 0 Å². The SMILES string of the molecule is Cc1nc2cccc(NCCCCCCCNC(C)C34CC5CC(CC(C5)C3)C4)c2c(=O)n1C1CCC(=O)NC1=O. The highest BCUT2D eigenvalue weighted by molar-refractivity contribution is 5.99. The molecule has 1 saturated heterocycles. The Hall–Kier alpha value is -2.74. The highest BCUT2D eigenvalue weighted by atomic mass is 16.2. The maximum Gasteiger partial charge on any atom is 0.264 e. The van der Waals surface area contributed by atoms with E-state index in [1.807, 2.05) is 18.2 Å². The van der Waals surface area contributed by atoms with Crippen LogP contribution < -0.4 is 21.5 Å². The smallest absolute Gasteiger partial charge is 0.264 e. The monoisotopic (exact) mass is 561 g/mol. The summed E-state index contributed by atoms with van der Waals surface area (Å²) in [4.78, 5) is 42.3. The molecule has 0 radical (unpaired) electrons. The van der Waals surface area contributed by atoms with Crippen molar-refractivity contribution in [2.75, 3.05) is 18.4 Å². The Labute approximate surface area is 243 Å². The largest absolute Gasteiger partial charge is 0.384 e. The van der Waals surface area contributed by atoms with Crippen LogP contribution in [0.3, 0.4) is 0 Å². The second kappa shape index (κ2) is 11.9. The van der Waals surface area contributed by atoms with Crippen LogP contribution in [-0.2, 0) is 9.59 Å². The zero-order valence-corrected chi connectivity index (χ0v) is 24.8. The van der Waals surface area contributed by atoms with Gasteiger partial charge in [-0.05, 0) is 113 Å². The molecular weight excluding hydrogens is 514 g/mol. The minimum Gasteiger partial charge on any atom is -0.384 e. The fraction of sp³-hybridized carbons (Fsp3) is 0.697. The molecule has 1 aromatic carbocycles. The van der Waals surface area contributed by atoms with Crippen LogP contribution in [0, 0.1) is 30.1 Å². The molecule has 2 atom stereocenters. The Morgan fingerprint density at radius 1 is 0.976 bits per heavy atom. The third-order valence-electron chi connectivity index (χ3n) is 10.8. The molecule has 41 heavy (non-hydrogen) atoms. The van der Waals surface area contributed by atoms with E-state index in [-0.39, 0.29) is 17.9 Å². The average Bonchev–Trinajstić information content (AvgIpc) is 2.92. The zero-order chi connectivity index (χ0) is 28.6. The number of carbonyl (C=O) groups is 2. The lowest BCUT2D eigenvalue weighted by molar-refractivity contribution is -0.135. The first-order valence-corrected chi connectivity index (χ1v) is 16.2. The van der Waals surface area contributed by atoms with E-state index < -0.39 is 11.9 Å². The molecule has 2 amide bonds. The zero-order valence-electron chi connectivity index (χ0n) is 24.8. The van der Waals surface area contributed by atoms with Gasteiger partial charge in [-0.25, -0.2) is 4.98 Å². The van der Waals surface area contributed by atoms with Crippen molar-refractivity contribution >= 4 is 28.4 Å². The highest BCUT2D eigenvalue weighted by Gasteiger charge is 2.52. The lowest BCUT2D eigenvalue weighted by atomic mass is 9.48. The summed E-state index contributed by atoms with van der Waals surface area (Å²) < 4.78 is 1.45. The maximum absolute atomic E-state index is 13.6. The van der Waals surface area contributed by atoms with E-state index in [0.717, 1.165) is 49.4 Å². The molecule has 5 aliphatic rings. The molecule has 1 aromatic heterocycles. The third-order valence-corrected chi connectivity index (χ3v) is 10.8. The number of amides is 2. The third kappa shape index (κ3) is 5.81. The van der Waals surface area contributed by atoms with E-state index in [9.17, 15) is 14.4 Å². The molecule has 0 spiro atoms. The summed E-state index contributed by atoms with van der Waals surface area (Å²) in [6, 6.07) is 5.59. The molecule has 4 saturated carbocycles. The molecule has 4 bridgehead atoms. The molecule has 3 N–H and O–H groups in total. The van der Waals surface area contributed by atoms with Crippen LogP contribution in [0.25, 0.3) is 10.9 Å². The first kappa shape index (κ1) is 28.4. The van der Waals surface area contributed by atoms with Gasteiger partial charge in [0.2, 0.25) is 11.8 Å². The topological polar surface area (TPSA) is 105 Å². The van der Waals surface area contributed by atoms with Gasteiger partial charge in [-0.3, -0.25) is 24.3 Å². The minimum absolute atomic E-state index is 0.220. The molecule has 8 heteroatoms. The molecular formula is C33H47N5O3. The van der Waals surface area contributed by atoms with Gasteiger partial charge < -0.3 is 10.6 Å². The van der Waals surface area contributed by atoms with E-state index in [4.69, 9.17) is 0 Å². The number of benzene rings is 1. The first-order valence-electron chi connectivity index (χ1n) is 16.2. The number of unbranched alkanes of at least 4 members (excludes halogenated alkanes) is 4. The van der Waals surface area contributed by atoms with Gasteiger partial charge in [-0.2, -0.15) is 0 Å². The summed E-state index contributed by atoms with van der Waals surface area (Å²) in [5, 5.41) is 10.2. The molecule has 4 aliphatic carbocycles. The van der Waals surface area contributed by atoms with Crippen LogP contribution in [0.2, 0.25) is 0 Å². The van der Waals surface area contributed by atoms with Gasteiger partial charge in [-0.15, -0.1) is 0 Å². The predicted molar refractivity (Wildman–Crippen MR) is 162 cm³/mol. The number of hydrogen-bond donors (Lipinski definition) is 3. The standard InChI is InChI=1S/C33H47N5O3/c1-21(33-18-23-15-24(19-33)17-25(16-23)20-33)34-13-6-4-3-5-7-14-35-26-9-8-10-27-30(26)32(41)38(22(2)36-27)28-11-12-29(39)37-31(28)40/h8-10,21,23-25,28,34-35H,3-7,11-20H2,1-2H3,(H,37,39,40). The number of nitrogens with one attached hydrogen (secondary N) is 3. The molecule has 2 heterocycles. The van der Waals surface area contributed by atoms with Crippen LogP contribution in [0.5, 0.6) is 0 Å². The number of aromatic nitrogens is 2. The van der Waals surface area contributed by atoms with E-state index in [1.165, 1.54) is 62.4 Å². The second-order valence-corrected chi connectivity index (χ2v) is 13.7. The van der Waals surface area contributed by atoms with Gasteiger partial charge in [0.1, 0.15) is 11.9 Å². The van der Waals surface area contributed by atoms with Crippen molar-refractivity contribution in [3.8, 4) is 0 Å². The fourth-order valence-electron chi connectivity index (χ4n) is 9.04. The summed E-state index contributed by atoms with van der Waals surface area (Å²) in [5.74, 6) is 2.79. The highest BCUT2D eigenvalue weighted by Crippen LogP contribution is 2.61. The number of aryl methyl sites for hydroxylation is 1. The number of fused-ring (bicyclic) bond motifs is 1. The van der Waals surface area contributed by atoms with Crippen LogP contribution in [0.15, 0.2) is 23.0 Å². The molecule has 8 nitrogen and oxygen atoms in total. The summed E-state index contributed by atoms with van der Waals surface area (Å²) in [6.45, 7) is 6.11. The van der Waals surface area contributed by atoms with Crippen molar-refractivity contribution in [1.82, 2.24) is 20.2 Å². The number of imide groups is 1. The van der Waals surface area contributed by atoms with Crippen LogP contribution in [0.1, 0.15) is 102 Å². The Balaban J connectivity index is 0.951. The quantitative estimate of drug-likeness (QED) is 0.242. The molecule has 1 aliphatic heterocycles. The van der Waals surface area contributed by atoms with Gasteiger partial charge in [0, 0.05) is 24.7 Å². The first-order chi connectivity index (χ1) is 19.8. The van der Waals surface area contributed by atoms with Crippen molar-refractivity contribution in [3.05, 3.63) is 34.4 Å². The van der Waals surface area contributed by atoms with Gasteiger partial charge in [0.15, 0.2) is 0 Å².